The average Bonchev–Trinajstić information content (AvgIpc) is 2.52. The first kappa shape index (κ1) is 24.0. The molecular formula is C20H20O10. The van der Waals surface area contributed by atoms with E-state index in [1.807, 2.05) is 0 Å². The van der Waals surface area contributed by atoms with Crippen molar-refractivity contribution >= 4 is 23.1 Å². The number of ketones is 4. The number of hydrogen-bond acceptors (Lipinski definition) is 10. The van der Waals surface area contributed by atoms with Crippen LogP contribution >= 0.6 is 0 Å². The van der Waals surface area contributed by atoms with Crippen LogP contribution in [0.25, 0.3) is 0 Å². The molecule has 2 aromatic carbocycles. The second-order valence-electron chi connectivity index (χ2n) is 6.25. The van der Waals surface area contributed by atoms with Gasteiger partial charge in [-0.05, 0) is 27.7 Å². The number of phenolic OH excluding ortho intramolecular Hbond substituents is 6. The van der Waals surface area contributed by atoms with Crippen molar-refractivity contribution in [1.29, 1.82) is 0 Å². The molecule has 0 saturated heterocycles. The minimum atomic E-state index is -0.688. The maximum absolute atomic E-state index is 11.1. The van der Waals surface area contributed by atoms with Crippen LogP contribution in [0.2, 0.25) is 0 Å². The minimum absolute atomic E-state index is 0.363. The molecule has 10 nitrogen and oxygen atoms in total. The Morgan fingerprint density at radius 3 is 0.767 bits per heavy atom. The second-order valence-corrected chi connectivity index (χ2v) is 6.25. The topological polar surface area (TPSA) is 190 Å². The lowest BCUT2D eigenvalue weighted by Gasteiger charge is -2.09. The van der Waals surface area contributed by atoms with Crippen molar-refractivity contribution in [3.05, 3.63) is 34.4 Å². The van der Waals surface area contributed by atoms with Crippen LogP contribution in [0.15, 0.2) is 12.1 Å². The number of benzene rings is 2. The van der Waals surface area contributed by atoms with Crippen LogP contribution in [0.5, 0.6) is 34.5 Å². The summed E-state index contributed by atoms with van der Waals surface area (Å²) in [4.78, 5) is 44.2. The Morgan fingerprint density at radius 1 is 0.467 bits per heavy atom. The van der Waals surface area contributed by atoms with Gasteiger partial charge in [0.05, 0.1) is 0 Å². The predicted octanol–water partition coefficient (Wildman–Crippen LogP) is 2.42. The Morgan fingerprint density at radius 2 is 0.633 bits per heavy atom. The Hall–Kier alpha value is -4.08. The number of aromatic hydroxyl groups is 6. The summed E-state index contributed by atoms with van der Waals surface area (Å²) in [6, 6.07) is 1.71. The van der Waals surface area contributed by atoms with Gasteiger partial charge in [0.1, 0.15) is 56.8 Å². The number of phenols is 6. The summed E-state index contributed by atoms with van der Waals surface area (Å²) in [5.74, 6) is -5.95. The van der Waals surface area contributed by atoms with Gasteiger partial charge in [0.25, 0.3) is 0 Å². The standard InChI is InChI=1S/2C10H10O5/c2*1-4(11)8-6(13)3-7(14)9(5(2)12)10(8)15/h2*3,13-15H,1-2H3. The van der Waals surface area contributed by atoms with Gasteiger partial charge in [-0.3, -0.25) is 19.2 Å². The highest BCUT2D eigenvalue weighted by molar-refractivity contribution is 6.08. The van der Waals surface area contributed by atoms with E-state index in [0.29, 0.717) is 0 Å². The van der Waals surface area contributed by atoms with Crippen molar-refractivity contribution in [2.75, 3.05) is 0 Å². The van der Waals surface area contributed by atoms with E-state index in [9.17, 15) is 49.8 Å². The first-order valence-corrected chi connectivity index (χ1v) is 8.31. The molecule has 0 heterocycles. The Bertz CT molecular complexity index is 904. The lowest BCUT2D eigenvalue weighted by atomic mass is 10.0. The van der Waals surface area contributed by atoms with Gasteiger partial charge in [-0.15, -0.1) is 0 Å². The van der Waals surface area contributed by atoms with Gasteiger partial charge in [-0.25, -0.2) is 0 Å². The number of hydrogen-bond donors (Lipinski definition) is 6. The molecule has 0 amide bonds. The van der Waals surface area contributed by atoms with E-state index >= 15 is 0 Å². The van der Waals surface area contributed by atoms with Crippen LogP contribution in [0, 0.1) is 0 Å². The Balaban J connectivity index is 0.000000300. The van der Waals surface area contributed by atoms with Crippen molar-refractivity contribution in [2.24, 2.45) is 0 Å². The predicted molar refractivity (Wildman–Crippen MR) is 103 cm³/mol. The van der Waals surface area contributed by atoms with Crippen molar-refractivity contribution in [1.82, 2.24) is 0 Å². The van der Waals surface area contributed by atoms with E-state index in [-0.39, 0.29) is 22.3 Å². The molecule has 6 N–H and O–H groups in total. The summed E-state index contributed by atoms with van der Waals surface area (Å²) in [5.41, 5.74) is -1.45. The van der Waals surface area contributed by atoms with Crippen LogP contribution < -0.4 is 0 Å². The first-order chi connectivity index (χ1) is 13.7. The lowest BCUT2D eigenvalue weighted by molar-refractivity contribution is 0.0987. The highest BCUT2D eigenvalue weighted by Crippen LogP contribution is 2.38. The molecule has 0 bridgehead atoms. The van der Waals surface area contributed by atoms with Crippen molar-refractivity contribution in [3.8, 4) is 34.5 Å². The van der Waals surface area contributed by atoms with Gasteiger partial charge < -0.3 is 30.6 Å². The second kappa shape index (κ2) is 8.95. The normalized spacial score (nSPS) is 10.0. The van der Waals surface area contributed by atoms with Gasteiger partial charge in [-0.1, -0.05) is 0 Å². The largest absolute Gasteiger partial charge is 0.507 e. The quantitative estimate of drug-likeness (QED) is 0.400. The SMILES string of the molecule is CC(=O)c1c(O)cc(O)c(C(C)=O)c1O.CC(=O)c1c(O)cc(O)c(C(C)=O)c1O. The van der Waals surface area contributed by atoms with Crippen molar-refractivity contribution in [2.45, 2.75) is 27.7 Å². The summed E-state index contributed by atoms with van der Waals surface area (Å²) in [6.45, 7) is 4.54. The number of rotatable bonds is 4. The van der Waals surface area contributed by atoms with Gasteiger partial charge in [0.2, 0.25) is 0 Å². The van der Waals surface area contributed by atoms with Crippen LogP contribution in [0.3, 0.4) is 0 Å². The van der Waals surface area contributed by atoms with Gasteiger partial charge >= 0.3 is 0 Å². The number of Topliss-reactive ketones (excluding diaryl/α,β-unsaturated/α-hetero) is 4. The van der Waals surface area contributed by atoms with E-state index in [4.69, 9.17) is 0 Å². The van der Waals surface area contributed by atoms with E-state index in [1.165, 1.54) is 0 Å². The molecule has 0 spiro atoms. The molecule has 0 aliphatic heterocycles. The van der Waals surface area contributed by atoms with E-state index in [1.54, 1.807) is 0 Å². The number of carbonyl (C=O) groups is 4. The van der Waals surface area contributed by atoms with Crippen molar-refractivity contribution < 1.29 is 49.8 Å². The fourth-order valence-electron chi connectivity index (χ4n) is 2.67. The van der Waals surface area contributed by atoms with Crippen molar-refractivity contribution in [3.63, 3.8) is 0 Å². The average molecular weight is 420 g/mol. The summed E-state index contributed by atoms with van der Waals surface area (Å²) in [7, 11) is 0. The maximum atomic E-state index is 11.1. The molecule has 0 fully saturated rings. The van der Waals surface area contributed by atoms with Crippen LogP contribution in [-0.2, 0) is 0 Å². The summed E-state index contributed by atoms with van der Waals surface area (Å²) in [6.07, 6.45) is 0. The zero-order valence-electron chi connectivity index (χ0n) is 16.5. The van der Waals surface area contributed by atoms with E-state index in [2.05, 4.69) is 0 Å². The minimum Gasteiger partial charge on any atom is -0.507 e. The fourth-order valence-corrected chi connectivity index (χ4v) is 2.67. The third-order valence-electron chi connectivity index (χ3n) is 3.93. The molecule has 0 radical (unpaired) electrons. The molecule has 0 aliphatic rings. The van der Waals surface area contributed by atoms with Crippen LogP contribution in [0.1, 0.15) is 69.1 Å². The van der Waals surface area contributed by atoms with Gasteiger partial charge in [0, 0.05) is 12.1 Å². The summed E-state index contributed by atoms with van der Waals surface area (Å²) in [5, 5.41) is 56.2. The van der Waals surface area contributed by atoms with Crippen LogP contribution in [0.4, 0.5) is 0 Å². The maximum Gasteiger partial charge on any atom is 0.167 e. The highest BCUT2D eigenvalue weighted by Gasteiger charge is 2.23. The Labute approximate surface area is 170 Å². The highest BCUT2D eigenvalue weighted by atomic mass is 16.3. The van der Waals surface area contributed by atoms with Gasteiger partial charge in [-0.2, -0.15) is 0 Å². The third-order valence-corrected chi connectivity index (χ3v) is 3.93. The molecule has 0 saturated carbocycles. The molecule has 2 aromatic rings. The molecule has 0 atom stereocenters. The first-order valence-electron chi connectivity index (χ1n) is 8.31. The molecule has 0 aliphatic carbocycles. The molecular weight excluding hydrogens is 400 g/mol. The summed E-state index contributed by atoms with van der Waals surface area (Å²) >= 11 is 0. The third kappa shape index (κ3) is 4.66. The number of carbonyl (C=O) groups excluding carboxylic acids is 4. The zero-order chi connectivity index (χ0) is 23.5. The fraction of sp³-hybridized carbons (Fsp3) is 0.200. The molecule has 0 unspecified atom stereocenters. The van der Waals surface area contributed by atoms with E-state index in [0.717, 1.165) is 39.8 Å². The lowest BCUT2D eigenvalue weighted by Crippen LogP contribution is -2.01. The zero-order valence-corrected chi connectivity index (χ0v) is 16.5. The van der Waals surface area contributed by atoms with Crippen LogP contribution in [-0.4, -0.2) is 53.8 Å². The van der Waals surface area contributed by atoms with Gasteiger partial charge in [0.15, 0.2) is 23.1 Å². The smallest absolute Gasteiger partial charge is 0.167 e. The molecule has 30 heavy (non-hydrogen) atoms. The monoisotopic (exact) mass is 420 g/mol. The molecule has 160 valence electrons. The Kier molecular flexibility index (Phi) is 7.15. The summed E-state index contributed by atoms with van der Waals surface area (Å²) < 4.78 is 0. The molecule has 0 aromatic heterocycles. The van der Waals surface area contributed by atoms with E-state index < -0.39 is 57.6 Å². The molecule has 10 heteroatoms. The molecule has 2 rings (SSSR count).